The Kier molecular flexibility index (Phi) is 8.55. The van der Waals surface area contributed by atoms with Crippen molar-refractivity contribution in [2.75, 3.05) is 18.5 Å². The van der Waals surface area contributed by atoms with Gasteiger partial charge >= 0.3 is 6.09 Å². The molecule has 13 heteroatoms. The number of amides is 1. The first-order valence-corrected chi connectivity index (χ1v) is 10.3. The summed E-state index contributed by atoms with van der Waals surface area (Å²) in [6.07, 6.45) is -15.5. The number of aliphatic hydroxyl groups is 6. The highest BCUT2D eigenvalue weighted by Gasteiger charge is 2.51. The van der Waals surface area contributed by atoms with Gasteiger partial charge in [0.2, 0.25) is 0 Å². The van der Waals surface area contributed by atoms with Crippen LogP contribution in [0.1, 0.15) is 8.35 Å². The molecule has 12 nitrogen and oxygen atoms in total. The molecule has 2 fully saturated rings. The Labute approximate surface area is 189 Å². The van der Waals surface area contributed by atoms with E-state index in [2.05, 4.69) is 5.32 Å². The molecule has 0 bridgehead atoms. The second kappa shape index (κ2) is 11.0. The van der Waals surface area contributed by atoms with Gasteiger partial charge in [0.15, 0.2) is 12.4 Å². The maximum Gasteiger partial charge on any atom is 0.412 e. The minimum atomic E-state index is -1.83. The van der Waals surface area contributed by atoms with Crippen LogP contribution in [0, 0.1) is 5.82 Å². The molecule has 3 rings (SSSR count). The smallest absolute Gasteiger partial charge is 0.412 e. The number of carbonyl (C=O) groups excluding carboxylic acids is 1. The molecule has 2 unspecified atom stereocenters. The Hall–Kier alpha value is -1.94. The van der Waals surface area contributed by atoms with Crippen LogP contribution in [0.2, 0.25) is 0 Å². The van der Waals surface area contributed by atoms with E-state index in [1.54, 1.807) is 0 Å². The highest BCUT2D eigenvalue weighted by Crippen LogP contribution is 2.30. The molecule has 7 N–H and O–H groups in total. The first kappa shape index (κ1) is 25.7. The molecule has 0 spiro atoms. The van der Waals surface area contributed by atoms with Crippen LogP contribution < -0.4 is 5.32 Å². The summed E-state index contributed by atoms with van der Waals surface area (Å²) in [6.45, 7) is 0.127. The summed E-state index contributed by atoms with van der Waals surface area (Å²) >= 11 is 0. The van der Waals surface area contributed by atoms with E-state index in [0.717, 1.165) is 6.07 Å². The molecule has 188 valence electrons. The SMILES string of the molecule is CC1O[C@H](CO)[C@@H](OC2O[C@H](CO)[C@@H](OC(=O)Nc3ccccc3F)[C@H](O)[C@H]2O)[C@H](O)[C@H]1O.[HH]. The summed E-state index contributed by atoms with van der Waals surface area (Å²) in [5.41, 5.74) is -0.190. The minimum absolute atomic E-state index is 0. The maximum atomic E-state index is 13.7. The molecule has 1 aromatic rings. The maximum absolute atomic E-state index is 13.7. The van der Waals surface area contributed by atoms with E-state index >= 15 is 0 Å². The van der Waals surface area contributed by atoms with Crippen molar-refractivity contribution in [1.29, 1.82) is 0 Å². The zero-order chi connectivity index (χ0) is 24.3. The zero-order valence-electron chi connectivity index (χ0n) is 17.6. The van der Waals surface area contributed by atoms with Crippen molar-refractivity contribution in [3.8, 4) is 0 Å². The summed E-state index contributed by atoms with van der Waals surface area (Å²) < 4.78 is 35.1. The van der Waals surface area contributed by atoms with Crippen LogP contribution in [-0.2, 0) is 18.9 Å². The molecule has 2 saturated heterocycles. The number of hydrogen-bond acceptors (Lipinski definition) is 11. The van der Waals surface area contributed by atoms with Crippen molar-refractivity contribution in [3.05, 3.63) is 30.1 Å². The number of hydrogen-bond donors (Lipinski definition) is 7. The van der Waals surface area contributed by atoms with Crippen molar-refractivity contribution >= 4 is 11.8 Å². The molecule has 0 saturated carbocycles. The molecular formula is C20H30FNO11. The molecule has 33 heavy (non-hydrogen) atoms. The quantitative estimate of drug-likeness (QED) is 0.247. The number of rotatable bonds is 6. The molecule has 1 amide bonds. The number of nitrogens with one attached hydrogen (secondary N) is 1. The molecule has 1 aromatic carbocycles. The van der Waals surface area contributed by atoms with E-state index in [1.165, 1.54) is 25.1 Å². The van der Waals surface area contributed by atoms with E-state index in [4.69, 9.17) is 18.9 Å². The molecule has 0 radical (unpaired) electrons. The van der Waals surface area contributed by atoms with Crippen molar-refractivity contribution < 1.29 is 60.2 Å². The first-order valence-electron chi connectivity index (χ1n) is 10.3. The van der Waals surface area contributed by atoms with Gasteiger partial charge < -0.3 is 49.6 Å². The fraction of sp³-hybridized carbons (Fsp3) is 0.650. The van der Waals surface area contributed by atoms with Gasteiger partial charge in [0.1, 0.15) is 48.5 Å². The number of ether oxygens (including phenoxy) is 4. The average Bonchev–Trinajstić information content (AvgIpc) is 2.80. The van der Waals surface area contributed by atoms with E-state index in [0.29, 0.717) is 0 Å². The number of halogens is 1. The average molecular weight is 479 g/mol. The van der Waals surface area contributed by atoms with Crippen LogP contribution in [0.4, 0.5) is 14.9 Å². The van der Waals surface area contributed by atoms with Crippen molar-refractivity contribution in [2.45, 2.75) is 68.1 Å². The van der Waals surface area contributed by atoms with Gasteiger partial charge in [-0.1, -0.05) is 12.1 Å². The number of benzene rings is 1. The fourth-order valence-electron chi connectivity index (χ4n) is 3.73. The van der Waals surface area contributed by atoms with Gasteiger partial charge in [-0.15, -0.1) is 0 Å². The number of aliphatic hydroxyl groups excluding tert-OH is 6. The molecule has 0 aliphatic carbocycles. The van der Waals surface area contributed by atoms with Crippen LogP contribution in [0.15, 0.2) is 24.3 Å². The van der Waals surface area contributed by atoms with Crippen LogP contribution in [0.5, 0.6) is 0 Å². The fourth-order valence-corrected chi connectivity index (χ4v) is 3.73. The predicted molar refractivity (Wildman–Crippen MR) is 108 cm³/mol. The lowest BCUT2D eigenvalue weighted by Crippen LogP contribution is -2.64. The van der Waals surface area contributed by atoms with Crippen LogP contribution in [-0.4, -0.2) is 111 Å². The largest absolute Gasteiger partial charge is 0.440 e. The second-order valence-electron chi connectivity index (χ2n) is 7.83. The summed E-state index contributed by atoms with van der Waals surface area (Å²) in [4.78, 5) is 12.2. The molecule has 2 aliphatic rings. The molecular weight excluding hydrogens is 449 g/mol. The normalized spacial score (nSPS) is 39.2. The molecule has 2 aliphatic heterocycles. The van der Waals surface area contributed by atoms with Crippen LogP contribution >= 0.6 is 0 Å². The highest BCUT2D eigenvalue weighted by molar-refractivity contribution is 5.84. The minimum Gasteiger partial charge on any atom is -0.440 e. The van der Waals surface area contributed by atoms with Gasteiger partial charge in [-0.05, 0) is 19.1 Å². The monoisotopic (exact) mass is 479 g/mol. The van der Waals surface area contributed by atoms with Gasteiger partial charge in [0.05, 0.1) is 25.0 Å². The van der Waals surface area contributed by atoms with E-state index in [-0.39, 0.29) is 7.11 Å². The van der Waals surface area contributed by atoms with E-state index in [9.17, 15) is 39.8 Å². The zero-order valence-corrected chi connectivity index (χ0v) is 17.6. The molecule has 10 atom stereocenters. The second-order valence-corrected chi connectivity index (χ2v) is 7.83. The van der Waals surface area contributed by atoms with Gasteiger partial charge in [0, 0.05) is 1.43 Å². The third-order valence-electron chi connectivity index (χ3n) is 5.57. The van der Waals surface area contributed by atoms with Gasteiger partial charge in [-0.25, -0.2) is 9.18 Å². The van der Waals surface area contributed by atoms with Crippen molar-refractivity contribution in [1.82, 2.24) is 0 Å². The molecule has 2 heterocycles. The topological polar surface area (TPSA) is 187 Å². The Morgan fingerprint density at radius 1 is 1.00 bits per heavy atom. The Balaban J connectivity index is 0.00000408. The number of carbonyl (C=O) groups is 1. The third-order valence-corrected chi connectivity index (χ3v) is 5.57. The Bertz CT molecular complexity index is 804. The standard InChI is InChI=1S/C20H28FNO11.H2/c1-8-13(25)14(26)17(11(6-23)30-8)32-19-16(28)15(27)18(12(7-24)31-19)33-20(29)22-10-5-3-2-4-9(10)21;/h2-5,8,11-19,23-28H,6-7H2,1H3,(H,22,29);1H/t8?,11-,12-,13+,14-,15-,16-,17-,18-,19?;/m1./s1. The van der Waals surface area contributed by atoms with Crippen molar-refractivity contribution in [2.24, 2.45) is 0 Å². The number of para-hydroxylation sites is 1. The van der Waals surface area contributed by atoms with Crippen molar-refractivity contribution in [3.63, 3.8) is 0 Å². The predicted octanol–water partition coefficient (Wildman–Crippen LogP) is -1.69. The van der Waals surface area contributed by atoms with Gasteiger partial charge in [0.25, 0.3) is 0 Å². The lowest BCUT2D eigenvalue weighted by atomic mass is 9.95. The summed E-state index contributed by atoms with van der Waals surface area (Å²) in [6, 6.07) is 5.27. The summed E-state index contributed by atoms with van der Waals surface area (Å²) in [5.74, 6) is -0.731. The van der Waals surface area contributed by atoms with E-state index < -0.39 is 86.3 Å². The Morgan fingerprint density at radius 2 is 1.61 bits per heavy atom. The highest BCUT2D eigenvalue weighted by atomic mass is 19.1. The summed E-state index contributed by atoms with van der Waals surface area (Å²) in [5, 5.41) is 62.7. The Morgan fingerprint density at radius 3 is 2.24 bits per heavy atom. The van der Waals surface area contributed by atoms with Gasteiger partial charge in [-0.3, -0.25) is 5.32 Å². The third kappa shape index (κ3) is 5.59. The first-order chi connectivity index (χ1) is 15.7. The lowest BCUT2D eigenvalue weighted by molar-refractivity contribution is -0.340. The van der Waals surface area contributed by atoms with E-state index in [1.807, 2.05) is 0 Å². The number of anilines is 1. The van der Waals surface area contributed by atoms with Gasteiger partial charge in [-0.2, -0.15) is 0 Å². The van der Waals surface area contributed by atoms with Crippen LogP contribution in [0.25, 0.3) is 0 Å². The lowest BCUT2D eigenvalue weighted by Gasteiger charge is -2.46. The summed E-state index contributed by atoms with van der Waals surface area (Å²) in [7, 11) is 0. The molecule has 0 aromatic heterocycles. The van der Waals surface area contributed by atoms with Crippen LogP contribution in [0.3, 0.4) is 0 Å².